The van der Waals surface area contributed by atoms with Gasteiger partial charge in [-0.25, -0.2) is 4.99 Å². The topological polar surface area (TPSA) is 15.6 Å². The summed E-state index contributed by atoms with van der Waals surface area (Å²) in [4.78, 5) is 5.94. The predicted octanol–water partition coefficient (Wildman–Crippen LogP) is 1.95. The third-order valence-electron chi connectivity index (χ3n) is 0.945. The third-order valence-corrected chi connectivity index (χ3v) is 1.42. The Morgan fingerprint density at radius 1 is 1.36 bits per heavy atom. The highest BCUT2D eigenvalue weighted by molar-refractivity contribution is 7.80. The predicted molar refractivity (Wildman–Crippen MR) is 54.2 cm³/mol. The fourth-order valence-electron chi connectivity index (χ4n) is 0.364. The maximum Gasteiger partial charge on any atom is 0.194 e. The molecule has 0 spiro atoms. The first kappa shape index (κ1) is 10.6. The van der Waals surface area contributed by atoms with E-state index in [4.69, 9.17) is 12.2 Å². The fraction of sp³-hybridized carbons (Fsp3) is 0.750. The van der Waals surface area contributed by atoms with E-state index in [1.54, 1.807) is 0 Å². The van der Waals surface area contributed by atoms with Crippen molar-refractivity contribution in [3.05, 3.63) is 0 Å². The smallest absolute Gasteiger partial charge is 0.194 e. The van der Waals surface area contributed by atoms with Gasteiger partial charge in [0.15, 0.2) is 5.11 Å². The quantitative estimate of drug-likeness (QED) is 0.410. The molecule has 0 saturated carbocycles. The summed E-state index contributed by atoms with van der Waals surface area (Å²) in [5, 5.41) is 0.625. The van der Waals surface area contributed by atoms with Gasteiger partial charge < -0.3 is 4.90 Å². The molecule has 0 unspecified atom stereocenters. The molecule has 0 aromatic rings. The normalized spacial score (nSPS) is 12.1. The van der Waals surface area contributed by atoms with Crippen LogP contribution < -0.4 is 0 Å². The molecule has 2 nitrogen and oxygen atoms in total. The number of nitrogens with zero attached hydrogens (tertiary/aromatic N) is 2. The molecule has 0 atom stereocenters. The lowest BCUT2D eigenvalue weighted by Gasteiger charge is -2.12. The monoisotopic (exact) mass is 172 g/mol. The first-order valence-corrected chi connectivity index (χ1v) is 4.00. The van der Waals surface area contributed by atoms with E-state index in [0.29, 0.717) is 5.11 Å². The van der Waals surface area contributed by atoms with E-state index in [1.807, 2.05) is 25.2 Å². The van der Waals surface area contributed by atoms with Gasteiger partial charge in [-0.1, -0.05) is 20.8 Å². The van der Waals surface area contributed by atoms with Crippen LogP contribution in [0, 0.1) is 5.41 Å². The Kier molecular flexibility index (Phi) is 3.66. The Morgan fingerprint density at radius 3 is 2.09 bits per heavy atom. The summed E-state index contributed by atoms with van der Waals surface area (Å²) in [6.07, 6.45) is 1.87. The molecule has 0 aromatic carbocycles. The van der Waals surface area contributed by atoms with E-state index in [1.165, 1.54) is 0 Å². The molecule has 64 valence electrons. The molecular formula is C8H16N2S. The average molecular weight is 172 g/mol. The standard InChI is InChI=1S/C8H16N2S/c1-8(2,3)6-9-7(11)10(4)5/h6H,1-5H3/b9-6+. The zero-order valence-electron chi connectivity index (χ0n) is 7.88. The van der Waals surface area contributed by atoms with E-state index in [0.717, 1.165) is 0 Å². The van der Waals surface area contributed by atoms with E-state index >= 15 is 0 Å². The Labute approximate surface area is 74.3 Å². The summed E-state index contributed by atoms with van der Waals surface area (Å²) in [6.45, 7) is 6.28. The summed E-state index contributed by atoms with van der Waals surface area (Å²) in [5.74, 6) is 0. The lowest BCUT2D eigenvalue weighted by atomic mass is 9.99. The molecule has 0 saturated heterocycles. The lowest BCUT2D eigenvalue weighted by Crippen LogP contribution is -2.19. The highest BCUT2D eigenvalue weighted by Gasteiger charge is 2.05. The maximum atomic E-state index is 4.97. The van der Waals surface area contributed by atoms with Crippen molar-refractivity contribution in [2.45, 2.75) is 20.8 Å². The van der Waals surface area contributed by atoms with Gasteiger partial charge in [-0.3, -0.25) is 0 Å². The third kappa shape index (κ3) is 5.98. The van der Waals surface area contributed by atoms with Gasteiger partial charge in [0.05, 0.1) is 0 Å². The van der Waals surface area contributed by atoms with E-state index < -0.39 is 0 Å². The number of rotatable bonds is 0. The van der Waals surface area contributed by atoms with Gasteiger partial charge in [0.1, 0.15) is 0 Å². The van der Waals surface area contributed by atoms with Crippen LogP contribution in [0.5, 0.6) is 0 Å². The SMILES string of the molecule is CN(C)C(=S)/N=C/C(C)(C)C. The molecule has 0 fully saturated rings. The van der Waals surface area contributed by atoms with Crippen LogP contribution in [0.4, 0.5) is 0 Å². The van der Waals surface area contributed by atoms with Crippen LogP contribution in [-0.2, 0) is 0 Å². The van der Waals surface area contributed by atoms with Crippen LogP contribution in [-0.4, -0.2) is 30.3 Å². The van der Waals surface area contributed by atoms with Gasteiger partial charge in [-0.15, -0.1) is 0 Å². The van der Waals surface area contributed by atoms with Crippen LogP contribution in [0.25, 0.3) is 0 Å². The van der Waals surface area contributed by atoms with Crippen molar-refractivity contribution < 1.29 is 0 Å². The van der Waals surface area contributed by atoms with Gasteiger partial charge in [-0.2, -0.15) is 0 Å². The molecule has 0 aliphatic rings. The molecule has 0 aliphatic heterocycles. The first-order chi connectivity index (χ1) is 4.83. The van der Waals surface area contributed by atoms with Crippen molar-refractivity contribution in [1.29, 1.82) is 0 Å². The lowest BCUT2D eigenvalue weighted by molar-refractivity contribution is 0.600. The maximum absolute atomic E-state index is 4.97. The summed E-state index contributed by atoms with van der Waals surface area (Å²) < 4.78 is 0. The molecule has 0 aromatic heterocycles. The van der Waals surface area contributed by atoms with Crippen LogP contribution in [0.15, 0.2) is 4.99 Å². The van der Waals surface area contributed by atoms with Crippen LogP contribution >= 0.6 is 12.2 Å². The van der Waals surface area contributed by atoms with Crippen LogP contribution in [0.3, 0.4) is 0 Å². The summed E-state index contributed by atoms with van der Waals surface area (Å²) >= 11 is 4.97. The molecular weight excluding hydrogens is 156 g/mol. The zero-order chi connectivity index (χ0) is 9.07. The summed E-state index contributed by atoms with van der Waals surface area (Å²) in [6, 6.07) is 0. The Balaban J connectivity index is 4.05. The highest BCUT2D eigenvalue weighted by atomic mass is 32.1. The molecule has 0 bridgehead atoms. The fourth-order valence-corrected chi connectivity index (χ4v) is 0.417. The molecule has 0 heterocycles. The minimum absolute atomic E-state index is 0.111. The second-order valence-corrected chi connectivity index (χ2v) is 4.17. The van der Waals surface area contributed by atoms with Crippen molar-refractivity contribution >= 4 is 23.5 Å². The number of aliphatic imine (C=N–C) groups is 1. The molecule has 0 aliphatic carbocycles. The number of hydrogen-bond donors (Lipinski definition) is 0. The molecule has 11 heavy (non-hydrogen) atoms. The van der Waals surface area contributed by atoms with Crippen molar-refractivity contribution in [2.75, 3.05) is 14.1 Å². The van der Waals surface area contributed by atoms with Gasteiger partial charge in [0, 0.05) is 20.3 Å². The molecule has 0 amide bonds. The Hall–Kier alpha value is -0.440. The Bertz CT molecular complexity index is 165. The van der Waals surface area contributed by atoms with Gasteiger partial charge in [0.25, 0.3) is 0 Å². The van der Waals surface area contributed by atoms with Crippen molar-refractivity contribution in [2.24, 2.45) is 10.4 Å². The molecule has 0 radical (unpaired) electrons. The minimum atomic E-state index is 0.111. The van der Waals surface area contributed by atoms with Gasteiger partial charge in [0.2, 0.25) is 0 Å². The molecule has 0 rings (SSSR count). The molecule has 0 N–H and O–H groups in total. The van der Waals surface area contributed by atoms with E-state index in [9.17, 15) is 0 Å². The van der Waals surface area contributed by atoms with E-state index in [-0.39, 0.29) is 5.41 Å². The second-order valence-electron chi connectivity index (χ2n) is 3.80. The van der Waals surface area contributed by atoms with Crippen LogP contribution in [0.1, 0.15) is 20.8 Å². The van der Waals surface area contributed by atoms with Crippen molar-refractivity contribution in [3.63, 3.8) is 0 Å². The highest BCUT2D eigenvalue weighted by Crippen LogP contribution is 2.08. The van der Waals surface area contributed by atoms with E-state index in [2.05, 4.69) is 25.8 Å². The van der Waals surface area contributed by atoms with Gasteiger partial charge >= 0.3 is 0 Å². The average Bonchev–Trinajstić information content (AvgIpc) is 1.80. The zero-order valence-corrected chi connectivity index (χ0v) is 8.70. The second kappa shape index (κ2) is 3.81. The van der Waals surface area contributed by atoms with Gasteiger partial charge in [-0.05, 0) is 17.6 Å². The number of thiocarbonyl (C=S) groups is 1. The Morgan fingerprint density at radius 2 is 1.82 bits per heavy atom. The summed E-state index contributed by atoms with van der Waals surface area (Å²) in [7, 11) is 3.78. The van der Waals surface area contributed by atoms with Crippen LogP contribution in [0.2, 0.25) is 0 Å². The summed E-state index contributed by atoms with van der Waals surface area (Å²) in [5.41, 5.74) is 0.111. The number of hydrogen-bond acceptors (Lipinski definition) is 1. The first-order valence-electron chi connectivity index (χ1n) is 3.59. The molecule has 3 heteroatoms. The van der Waals surface area contributed by atoms with Crippen molar-refractivity contribution in [3.8, 4) is 0 Å². The van der Waals surface area contributed by atoms with Crippen molar-refractivity contribution in [1.82, 2.24) is 4.90 Å². The largest absolute Gasteiger partial charge is 0.354 e. The minimum Gasteiger partial charge on any atom is -0.354 e.